The lowest BCUT2D eigenvalue weighted by molar-refractivity contribution is 0.0949. The molecule has 0 unspecified atom stereocenters. The molecule has 4 rings (SSSR count). The van der Waals surface area contributed by atoms with E-state index in [0.717, 1.165) is 11.4 Å². The molecule has 0 aliphatic heterocycles. The van der Waals surface area contributed by atoms with Gasteiger partial charge in [0.15, 0.2) is 5.76 Å². The first kappa shape index (κ1) is 18.5. The number of hydrogen-bond acceptors (Lipinski definition) is 6. The zero-order chi connectivity index (χ0) is 20.2. The zero-order valence-electron chi connectivity index (χ0n) is 16.1. The molecular formula is C21H20N6O2. The Hall–Kier alpha value is -3.81. The van der Waals surface area contributed by atoms with Crippen LogP contribution in [0.1, 0.15) is 41.5 Å². The van der Waals surface area contributed by atoms with Crippen LogP contribution in [0.5, 0.6) is 0 Å². The summed E-state index contributed by atoms with van der Waals surface area (Å²) in [5, 5.41) is 7.29. The van der Waals surface area contributed by atoms with Gasteiger partial charge >= 0.3 is 0 Å². The number of nitrogens with zero attached hydrogens (tertiary/aromatic N) is 5. The first-order valence-corrected chi connectivity index (χ1v) is 9.27. The van der Waals surface area contributed by atoms with Crippen LogP contribution in [0.3, 0.4) is 0 Å². The highest BCUT2D eigenvalue weighted by Gasteiger charge is 2.22. The van der Waals surface area contributed by atoms with Crippen molar-refractivity contribution in [2.75, 3.05) is 0 Å². The molecule has 0 atom stereocenters. The number of aromatic nitrogens is 5. The van der Waals surface area contributed by atoms with Crippen molar-refractivity contribution in [2.24, 2.45) is 0 Å². The van der Waals surface area contributed by atoms with E-state index >= 15 is 0 Å². The molecule has 0 fully saturated rings. The van der Waals surface area contributed by atoms with Gasteiger partial charge in [-0.3, -0.25) is 9.78 Å². The Kier molecular flexibility index (Phi) is 5.15. The van der Waals surface area contributed by atoms with Crippen molar-refractivity contribution < 1.29 is 9.21 Å². The molecule has 0 bridgehead atoms. The van der Waals surface area contributed by atoms with Crippen LogP contribution in [0.25, 0.3) is 17.4 Å². The average molecular weight is 388 g/mol. The first-order chi connectivity index (χ1) is 14.1. The molecule has 0 radical (unpaired) electrons. The molecule has 8 nitrogen and oxygen atoms in total. The molecule has 0 aromatic carbocycles. The molecule has 0 aliphatic rings. The maximum Gasteiger partial charge on any atom is 0.255 e. The van der Waals surface area contributed by atoms with E-state index in [2.05, 4.69) is 25.4 Å². The number of hydrogen-bond donors (Lipinski definition) is 1. The normalized spacial score (nSPS) is 11.0. The van der Waals surface area contributed by atoms with E-state index < -0.39 is 0 Å². The third-order valence-electron chi connectivity index (χ3n) is 4.36. The molecule has 4 heterocycles. The predicted octanol–water partition coefficient (Wildman–Crippen LogP) is 3.37. The molecule has 4 aromatic heterocycles. The van der Waals surface area contributed by atoms with Gasteiger partial charge in [0, 0.05) is 12.4 Å². The quantitative estimate of drug-likeness (QED) is 0.544. The van der Waals surface area contributed by atoms with Crippen molar-refractivity contribution >= 4 is 5.91 Å². The second-order valence-corrected chi connectivity index (χ2v) is 6.73. The van der Waals surface area contributed by atoms with Crippen LogP contribution in [0.15, 0.2) is 65.7 Å². The van der Waals surface area contributed by atoms with Crippen LogP contribution >= 0.6 is 0 Å². The van der Waals surface area contributed by atoms with E-state index in [0.29, 0.717) is 29.5 Å². The summed E-state index contributed by atoms with van der Waals surface area (Å²) in [6.45, 7) is 4.34. The van der Waals surface area contributed by atoms with Crippen molar-refractivity contribution in [3.8, 4) is 17.4 Å². The highest BCUT2D eigenvalue weighted by Crippen LogP contribution is 2.23. The third kappa shape index (κ3) is 3.91. The van der Waals surface area contributed by atoms with Crippen LogP contribution < -0.4 is 5.32 Å². The Morgan fingerprint density at radius 3 is 2.76 bits per heavy atom. The smallest absolute Gasteiger partial charge is 0.255 e. The third-order valence-corrected chi connectivity index (χ3v) is 4.36. The summed E-state index contributed by atoms with van der Waals surface area (Å²) < 4.78 is 7.02. The standard InChI is InChI=1S/C21H20N6O2/c1-14(2)19-16(20(28)24-12-15-6-3-4-9-22-15)13-25-27(19)21-23-10-8-17(26-21)18-7-5-11-29-18/h3-11,13-14H,12H2,1-2H3,(H,24,28). The summed E-state index contributed by atoms with van der Waals surface area (Å²) in [7, 11) is 0. The van der Waals surface area contributed by atoms with Crippen molar-refractivity contribution in [3.05, 3.63) is 78.2 Å². The van der Waals surface area contributed by atoms with E-state index in [-0.39, 0.29) is 11.8 Å². The Balaban J connectivity index is 1.63. The SMILES string of the molecule is CC(C)c1c(C(=O)NCc2ccccn2)cnn1-c1nccc(-c2ccco2)n1. The molecule has 0 saturated carbocycles. The summed E-state index contributed by atoms with van der Waals surface area (Å²) in [5.74, 6) is 0.836. The Bertz CT molecular complexity index is 1100. The number of carbonyl (C=O) groups excluding carboxylic acids is 1. The monoisotopic (exact) mass is 388 g/mol. The second kappa shape index (κ2) is 8.05. The van der Waals surface area contributed by atoms with E-state index in [1.807, 2.05) is 38.1 Å². The molecule has 1 N–H and O–H groups in total. The second-order valence-electron chi connectivity index (χ2n) is 6.73. The summed E-state index contributed by atoms with van der Waals surface area (Å²) in [4.78, 5) is 25.9. The van der Waals surface area contributed by atoms with Crippen LogP contribution in [0.4, 0.5) is 0 Å². The molecule has 4 aromatic rings. The predicted molar refractivity (Wildman–Crippen MR) is 106 cm³/mol. The molecule has 0 spiro atoms. The van der Waals surface area contributed by atoms with Crippen molar-refractivity contribution in [1.29, 1.82) is 0 Å². The van der Waals surface area contributed by atoms with Gasteiger partial charge in [0.1, 0.15) is 5.69 Å². The molecule has 29 heavy (non-hydrogen) atoms. The van der Waals surface area contributed by atoms with Gasteiger partial charge < -0.3 is 9.73 Å². The lowest BCUT2D eigenvalue weighted by Gasteiger charge is -2.12. The number of furan rings is 1. The summed E-state index contributed by atoms with van der Waals surface area (Å²) in [6, 6.07) is 11.0. The topological polar surface area (TPSA) is 98.7 Å². The Morgan fingerprint density at radius 2 is 2.03 bits per heavy atom. The molecule has 8 heteroatoms. The van der Waals surface area contributed by atoms with Crippen molar-refractivity contribution in [1.82, 2.24) is 30.0 Å². The summed E-state index contributed by atoms with van der Waals surface area (Å²) >= 11 is 0. The molecular weight excluding hydrogens is 368 g/mol. The van der Waals surface area contributed by atoms with Crippen LogP contribution in [0, 0.1) is 0 Å². The maximum absolute atomic E-state index is 12.8. The fourth-order valence-corrected chi connectivity index (χ4v) is 3.03. The van der Waals surface area contributed by atoms with Crippen LogP contribution in [-0.2, 0) is 6.54 Å². The van der Waals surface area contributed by atoms with E-state index in [1.54, 1.807) is 41.7 Å². The van der Waals surface area contributed by atoms with E-state index in [4.69, 9.17) is 4.42 Å². The van der Waals surface area contributed by atoms with E-state index in [9.17, 15) is 4.79 Å². The number of amides is 1. The Labute approximate surface area is 167 Å². The molecule has 146 valence electrons. The molecule has 1 amide bonds. The van der Waals surface area contributed by atoms with E-state index in [1.165, 1.54) is 0 Å². The highest BCUT2D eigenvalue weighted by atomic mass is 16.3. The van der Waals surface area contributed by atoms with Crippen LogP contribution in [-0.4, -0.2) is 30.6 Å². The van der Waals surface area contributed by atoms with Gasteiger partial charge in [-0.1, -0.05) is 19.9 Å². The van der Waals surface area contributed by atoms with Gasteiger partial charge in [0.05, 0.1) is 36.0 Å². The van der Waals surface area contributed by atoms with Gasteiger partial charge in [-0.25, -0.2) is 14.6 Å². The summed E-state index contributed by atoms with van der Waals surface area (Å²) in [5.41, 5.74) is 2.66. The van der Waals surface area contributed by atoms with Gasteiger partial charge in [-0.05, 0) is 36.2 Å². The fraction of sp³-hybridized carbons (Fsp3) is 0.190. The lowest BCUT2D eigenvalue weighted by atomic mass is 10.1. The first-order valence-electron chi connectivity index (χ1n) is 9.27. The van der Waals surface area contributed by atoms with Gasteiger partial charge in [-0.15, -0.1) is 0 Å². The molecule has 0 aliphatic carbocycles. The Morgan fingerprint density at radius 1 is 1.14 bits per heavy atom. The number of pyridine rings is 1. The minimum absolute atomic E-state index is 0.0315. The van der Waals surface area contributed by atoms with Crippen LogP contribution in [0.2, 0.25) is 0 Å². The van der Waals surface area contributed by atoms with Gasteiger partial charge in [0.25, 0.3) is 11.9 Å². The number of rotatable bonds is 6. The fourth-order valence-electron chi connectivity index (χ4n) is 3.03. The van der Waals surface area contributed by atoms with Gasteiger partial charge in [0.2, 0.25) is 0 Å². The summed E-state index contributed by atoms with van der Waals surface area (Å²) in [6.07, 6.45) is 6.48. The van der Waals surface area contributed by atoms with Gasteiger partial charge in [-0.2, -0.15) is 5.10 Å². The van der Waals surface area contributed by atoms with Crippen molar-refractivity contribution in [3.63, 3.8) is 0 Å². The largest absolute Gasteiger partial charge is 0.463 e. The number of nitrogens with one attached hydrogen (secondary N) is 1. The minimum Gasteiger partial charge on any atom is -0.463 e. The lowest BCUT2D eigenvalue weighted by Crippen LogP contribution is -2.24. The zero-order valence-corrected chi connectivity index (χ0v) is 16.1. The minimum atomic E-state index is -0.215. The van der Waals surface area contributed by atoms with Crippen molar-refractivity contribution in [2.45, 2.75) is 26.3 Å². The number of carbonyl (C=O) groups is 1. The molecule has 0 saturated heterocycles. The maximum atomic E-state index is 12.8. The highest BCUT2D eigenvalue weighted by molar-refractivity contribution is 5.95. The average Bonchev–Trinajstić information content (AvgIpc) is 3.43.